The first kappa shape index (κ1) is 14.3. The van der Waals surface area contributed by atoms with Crippen molar-refractivity contribution in [3.63, 3.8) is 0 Å². The van der Waals surface area contributed by atoms with Crippen LogP contribution in [0, 0.1) is 6.92 Å². The van der Waals surface area contributed by atoms with Crippen LogP contribution in [-0.2, 0) is 4.74 Å². The molecule has 0 heterocycles. The predicted molar refractivity (Wildman–Crippen MR) is 73.5 cm³/mol. The van der Waals surface area contributed by atoms with Crippen molar-refractivity contribution < 1.29 is 9.53 Å². The average molecular weight is 247 g/mol. The van der Waals surface area contributed by atoms with Crippen LogP contribution >= 0.6 is 0 Å². The Bertz CT molecular complexity index is 401. The summed E-state index contributed by atoms with van der Waals surface area (Å²) in [6.45, 7) is 8.44. The third kappa shape index (κ3) is 4.62. The zero-order valence-electron chi connectivity index (χ0n) is 11.1. The van der Waals surface area contributed by atoms with Gasteiger partial charge < -0.3 is 10.1 Å². The van der Waals surface area contributed by atoms with Crippen molar-refractivity contribution >= 4 is 6.09 Å². The summed E-state index contributed by atoms with van der Waals surface area (Å²) in [6, 6.07) is 7.87. The third-order valence-corrected chi connectivity index (χ3v) is 2.62. The lowest BCUT2D eigenvalue weighted by Crippen LogP contribution is -2.26. The fraction of sp³-hybridized carbons (Fsp3) is 0.400. The highest BCUT2D eigenvalue weighted by molar-refractivity contribution is 5.67. The molecule has 1 amide bonds. The zero-order chi connectivity index (χ0) is 13.4. The van der Waals surface area contributed by atoms with Crippen LogP contribution in [-0.4, -0.2) is 12.6 Å². The minimum absolute atomic E-state index is 0.394. The van der Waals surface area contributed by atoms with Crippen molar-refractivity contribution in [1.82, 2.24) is 5.32 Å². The van der Waals surface area contributed by atoms with Gasteiger partial charge in [-0.05, 0) is 25.0 Å². The van der Waals surface area contributed by atoms with Crippen LogP contribution in [0.4, 0.5) is 4.79 Å². The molecular formula is C15H21NO2. The molecule has 0 spiro atoms. The summed E-state index contributed by atoms with van der Waals surface area (Å²) in [6.07, 6.45) is 2.84. The summed E-state index contributed by atoms with van der Waals surface area (Å²) >= 11 is 0. The van der Waals surface area contributed by atoms with Gasteiger partial charge in [0.05, 0.1) is 0 Å². The molecule has 0 bridgehead atoms. The summed E-state index contributed by atoms with van der Waals surface area (Å²) in [7, 11) is 0. The van der Waals surface area contributed by atoms with Gasteiger partial charge in [0.1, 0.15) is 6.10 Å². The van der Waals surface area contributed by atoms with Gasteiger partial charge in [0.15, 0.2) is 0 Å². The highest BCUT2D eigenvalue weighted by atomic mass is 16.6. The molecule has 0 aliphatic rings. The monoisotopic (exact) mass is 247 g/mol. The van der Waals surface area contributed by atoms with E-state index < -0.39 is 12.2 Å². The van der Waals surface area contributed by atoms with Gasteiger partial charge in [0.25, 0.3) is 0 Å². The molecule has 1 aromatic carbocycles. The minimum atomic E-state index is -0.397. The van der Waals surface area contributed by atoms with Crippen LogP contribution in [0.5, 0.6) is 0 Å². The summed E-state index contributed by atoms with van der Waals surface area (Å²) in [5, 5.41) is 2.72. The van der Waals surface area contributed by atoms with Crippen molar-refractivity contribution in [2.24, 2.45) is 0 Å². The number of rotatable bonds is 6. The van der Waals surface area contributed by atoms with Gasteiger partial charge in [-0.3, -0.25) is 0 Å². The second-order valence-electron chi connectivity index (χ2n) is 4.26. The van der Waals surface area contributed by atoms with E-state index in [1.807, 2.05) is 31.2 Å². The maximum absolute atomic E-state index is 11.6. The fourth-order valence-corrected chi connectivity index (χ4v) is 1.62. The Morgan fingerprint density at radius 2 is 2.33 bits per heavy atom. The molecule has 0 unspecified atom stereocenters. The van der Waals surface area contributed by atoms with E-state index in [0.717, 1.165) is 24.0 Å². The molecule has 18 heavy (non-hydrogen) atoms. The van der Waals surface area contributed by atoms with Gasteiger partial charge >= 0.3 is 6.09 Å². The second kappa shape index (κ2) is 7.54. The smallest absolute Gasteiger partial charge is 0.408 e. The van der Waals surface area contributed by atoms with E-state index in [4.69, 9.17) is 4.74 Å². The number of carbonyl (C=O) groups excluding carboxylic acids is 1. The summed E-state index contributed by atoms with van der Waals surface area (Å²) in [4.78, 5) is 11.6. The predicted octanol–water partition coefficient (Wildman–Crippen LogP) is 3.75. The molecule has 98 valence electrons. The minimum Gasteiger partial charge on any atom is -0.437 e. The average Bonchev–Trinajstić information content (AvgIpc) is 2.36. The van der Waals surface area contributed by atoms with Crippen LogP contribution in [0.1, 0.15) is 37.0 Å². The molecule has 1 aromatic rings. The number of benzene rings is 1. The van der Waals surface area contributed by atoms with E-state index in [2.05, 4.69) is 18.8 Å². The molecule has 0 aliphatic heterocycles. The van der Waals surface area contributed by atoms with Crippen molar-refractivity contribution in [3.8, 4) is 0 Å². The van der Waals surface area contributed by atoms with E-state index in [0.29, 0.717) is 6.54 Å². The number of carbonyl (C=O) groups is 1. The van der Waals surface area contributed by atoms with Gasteiger partial charge in [-0.25, -0.2) is 4.79 Å². The van der Waals surface area contributed by atoms with E-state index in [1.54, 1.807) is 6.08 Å². The summed E-state index contributed by atoms with van der Waals surface area (Å²) in [5.74, 6) is 0. The van der Waals surface area contributed by atoms with Crippen molar-refractivity contribution in [3.05, 3.63) is 48.0 Å². The Balaban J connectivity index is 2.56. The van der Waals surface area contributed by atoms with E-state index in [9.17, 15) is 4.79 Å². The molecule has 0 saturated carbocycles. The lowest BCUT2D eigenvalue weighted by molar-refractivity contribution is 0.120. The number of hydrogen-bond donors (Lipinski definition) is 1. The SMILES string of the molecule is C=C[C@@H](OC(=O)NCCCC)c1cccc(C)c1. The van der Waals surface area contributed by atoms with Gasteiger partial charge in [-0.2, -0.15) is 0 Å². The highest BCUT2D eigenvalue weighted by Crippen LogP contribution is 2.19. The molecule has 0 fully saturated rings. The molecule has 1 atom stereocenters. The third-order valence-electron chi connectivity index (χ3n) is 2.62. The Labute approximate surface area is 109 Å². The number of hydrogen-bond acceptors (Lipinski definition) is 2. The number of unbranched alkanes of at least 4 members (excludes halogenated alkanes) is 1. The lowest BCUT2D eigenvalue weighted by atomic mass is 10.1. The van der Waals surface area contributed by atoms with E-state index in [1.165, 1.54) is 0 Å². The van der Waals surface area contributed by atoms with E-state index in [-0.39, 0.29) is 0 Å². The van der Waals surface area contributed by atoms with Gasteiger partial charge in [-0.15, -0.1) is 0 Å². The number of alkyl carbamates (subject to hydrolysis) is 1. The lowest BCUT2D eigenvalue weighted by Gasteiger charge is -2.15. The maximum Gasteiger partial charge on any atom is 0.408 e. The summed E-state index contributed by atoms with van der Waals surface area (Å²) < 4.78 is 5.32. The molecule has 3 nitrogen and oxygen atoms in total. The first-order valence-electron chi connectivity index (χ1n) is 6.31. The largest absolute Gasteiger partial charge is 0.437 e. The van der Waals surface area contributed by atoms with Gasteiger partial charge in [0, 0.05) is 6.54 Å². The zero-order valence-corrected chi connectivity index (χ0v) is 11.1. The van der Waals surface area contributed by atoms with Crippen LogP contribution in [0.3, 0.4) is 0 Å². The Morgan fingerprint density at radius 1 is 1.56 bits per heavy atom. The van der Waals surface area contributed by atoms with Crippen molar-refractivity contribution in [2.45, 2.75) is 32.8 Å². The van der Waals surface area contributed by atoms with Crippen LogP contribution in [0.25, 0.3) is 0 Å². The van der Waals surface area contributed by atoms with Gasteiger partial charge in [-0.1, -0.05) is 49.8 Å². The quantitative estimate of drug-likeness (QED) is 0.614. The maximum atomic E-state index is 11.6. The molecule has 1 N–H and O–H groups in total. The Kier molecular flexibility index (Phi) is 5.98. The standard InChI is InChI=1S/C15H21NO2/c1-4-6-10-16-15(17)18-14(5-2)13-9-7-8-12(3)11-13/h5,7-9,11,14H,2,4,6,10H2,1,3H3,(H,16,17)/t14-/m1/s1. The van der Waals surface area contributed by atoms with Crippen LogP contribution < -0.4 is 5.32 Å². The molecule has 0 aliphatic carbocycles. The highest BCUT2D eigenvalue weighted by Gasteiger charge is 2.12. The first-order valence-corrected chi connectivity index (χ1v) is 6.31. The normalized spacial score (nSPS) is 11.7. The van der Waals surface area contributed by atoms with Crippen LogP contribution in [0.15, 0.2) is 36.9 Å². The summed E-state index contributed by atoms with van der Waals surface area (Å²) in [5.41, 5.74) is 2.07. The number of ether oxygens (including phenoxy) is 1. The second-order valence-corrected chi connectivity index (χ2v) is 4.26. The molecule has 0 aromatic heterocycles. The van der Waals surface area contributed by atoms with Gasteiger partial charge in [0.2, 0.25) is 0 Å². The Morgan fingerprint density at radius 3 is 2.94 bits per heavy atom. The number of amides is 1. The number of nitrogens with one attached hydrogen (secondary N) is 1. The molecule has 1 rings (SSSR count). The first-order chi connectivity index (χ1) is 8.67. The number of aryl methyl sites for hydroxylation is 1. The molecular weight excluding hydrogens is 226 g/mol. The van der Waals surface area contributed by atoms with Crippen molar-refractivity contribution in [2.75, 3.05) is 6.54 Å². The fourth-order valence-electron chi connectivity index (χ4n) is 1.62. The Hall–Kier alpha value is -1.77. The molecule has 0 radical (unpaired) electrons. The van der Waals surface area contributed by atoms with Crippen molar-refractivity contribution in [1.29, 1.82) is 0 Å². The molecule has 3 heteroatoms. The topological polar surface area (TPSA) is 38.3 Å². The van der Waals surface area contributed by atoms with E-state index >= 15 is 0 Å². The molecule has 0 saturated heterocycles. The van der Waals surface area contributed by atoms with Crippen LogP contribution in [0.2, 0.25) is 0 Å².